The zero-order valence-electron chi connectivity index (χ0n) is 15.8. The first-order valence-electron chi connectivity index (χ1n) is 9.20. The minimum atomic E-state index is -3.66. The van der Waals surface area contributed by atoms with E-state index in [2.05, 4.69) is 12.2 Å². The van der Waals surface area contributed by atoms with Gasteiger partial charge in [-0.3, -0.25) is 0 Å². The molecule has 1 fully saturated rings. The van der Waals surface area contributed by atoms with Gasteiger partial charge in [-0.25, -0.2) is 18.0 Å². The smallest absolute Gasteiger partial charge is 0.338 e. The van der Waals surface area contributed by atoms with Crippen LogP contribution < -0.4 is 5.32 Å². The highest BCUT2D eigenvalue weighted by molar-refractivity contribution is 7.89. The first kappa shape index (κ1) is 21.2. The van der Waals surface area contributed by atoms with E-state index < -0.39 is 16.0 Å². The van der Waals surface area contributed by atoms with Crippen molar-refractivity contribution in [3.05, 3.63) is 29.8 Å². The molecule has 1 saturated heterocycles. The zero-order valence-corrected chi connectivity index (χ0v) is 16.6. The third-order valence-electron chi connectivity index (χ3n) is 4.34. The summed E-state index contributed by atoms with van der Waals surface area (Å²) in [5.41, 5.74) is 0.310. The van der Waals surface area contributed by atoms with E-state index in [9.17, 15) is 18.0 Å². The molecule has 0 saturated carbocycles. The van der Waals surface area contributed by atoms with Crippen LogP contribution in [0.5, 0.6) is 0 Å². The lowest BCUT2D eigenvalue weighted by molar-refractivity contribution is 0.0526. The van der Waals surface area contributed by atoms with Gasteiger partial charge in [0.1, 0.15) is 0 Å². The number of carbonyl (C=O) groups excluding carboxylic acids is 2. The number of nitrogens with zero attached hydrogens (tertiary/aromatic N) is 2. The van der Waals surface area contributed by atoms with E-state index in [0.29, 0.717) is 25.2 Å². The van der Waals surface area contributed by atoms with Gasteiger partial charge in [-0.05, 0) is 37.6 Å². The topological polar surface area (TPSA) is 96.0 Å². The lowest BCUT2D eigenvalue weighted by Crippen LogP contribution is -2.53. The van der Waals surface area contributed by atoms with Crippen LogP contribution in [0.1, 0.15) is 37.0 Å². The number of piperazine rings is 1. The van der Waals surface area contributed by atoms with Crippen LogP contribution in [0.3, 0.4) is 0 Å². The van der Waals surface area contributed by atoms with Crippen molar-refractivity contribution in [2.24, 2.45) is 0 Å². The van der Waals surface area contributed by atoms with Crippen LogP contribution >= 0.6 is 0 Å². The molecule has 1 N–H and O–H groups in total. The molecule has 0 aromatic heterocycles. The molecule has 0 aliphatic carbocycles. The highest BCUT2D eigenvalue weighted by Crippen LogP contribution is 2.18. The minimum Gasteiger partial charge on any atom is -0.462 e. The van der Waals surface area contributed by atoms with Crippen molar-refractivity contribution < 1.29 is 22.7 Å². The molecule has 2 rings (SSSR count). The van der Waals surface area contributed by atoms with Gasteiger partial charge in [-0.15, -0.1) is 0 Å². The van der Waals surface area contributed by atoms with Crippen LogP contribution in [0.4, 0.5) is 4.79 Å². The summed E-state index contributed by atoms with van der Waals surface area (Å²) in [5.74, 6) is -0.482. The van der Waals surface area contributed by atoms with Gasteiger partial charge in [0, 0.05) is 32.7 Å². The van der Waals surface area contributed by atoms with E-state index >= 15 is 0 Å². The number of ether oxygens (including phenoxy) is 1. The lowest BCUT2D eigenvalue weighted by Gasteiger charge is -2.34. The predicted octanol–water partition coefficient (Wildman–Crippen LogP) is 1.68. The van der Waals surface area contributed by atoms with Crippen molar-refractivity contribution in [1.29, 1.82) is 0 Å². The number of hydrogen-bond donors (Lipinski definition) is 1. The highest BCUT2D eigenvalue weighted by atomic mass is 32.2. The molecule has 9 heteroatoms. The maximum absolute atomic E-state index is 12.8. The second kappa shape index (κ2) is 9.70. The SMILES string of the molecule is CCCCNC(=O)N1CCN(S(=O)(=O)c2ccc(C(=O)OCC)cc2)CC1. The van der Waals surface area contributed by atoms with Gasteiger partial charge in [-0.1, -0.05) is 13.3 Å². The van der Waals surface area contributed by atoms with E-state index in [4.69, 9.17) is 4.74 Å². The van der Waals surface area contributed by atoms with Gasteiger partial charge in [0.05, 0.1) is 17.1 Å². The maximum atomic E-state index is 12.8. The van der Waals surface area contributed by atoms with Crippen molar-refractivity contribution in [1.82, 2.24) is 14.5 Å². The minimum absolute atomic E-state index is 0.122. The summed E-state index contributed by atoms with van der Waals surface area (Å²) in [6.45, 7) is 5.81. The van der Waals surface area contributed by atoms with Crippen LogP contribution in [-0.4, -0.2) is 69.0 Å². The standard InChI is InChI=1S/C18H27N3O5S/c1-3-5-10-19-18(23)20-11-13-21(14-12-20)27(24,25)16-8-6-15(7-9-16)17(22)26-4-2/h6-9H,3-5,10-14H2,1-2H3,(H,19,23). The number of nitrogens with one attached hydrogen (secondary N) is 1. The Morgan fingerprint density at radius 1 is 1.07 bits per heavy atom. The van der Waals surface area contributed by atoms with E-state index in [1.807, 2.05) is 0 Å². The molecule has 1 aromatic rings. The Labute approximate surface area is 160 Å². The Morgan fingerprint density at radius 3 is 2.26 bits per heavy atom. The summed E-state index contributed by atoms with van der Waals surface area (Å²) < 4.78 is 31.8. The maximum Gasteiger partial charge on any atom is 0.338 e. The van der Waals surface area contributed by atoms with Crippen molar-refractivity contribution in [3.63, 3.8) is 0 Å². The van der Waals surface area contributed by atoms with Crippen molar-refractivity contribution in [2.45, 2.75) is 31.6 Å². The predicted molar refractivity (Wildman–Crippen MR) is 101 cm³/mol. The molecule has 0 atom stereocenters. The monoisotopic (exact) mass is 397 g/mol. The number of urea groups is 1. The number of rotatable bonds is 7. The number of esters is 1. The highest BCUT2D eigenvalue weighted by Gasteiger charge is 2.30. The average molecular weight is 397 g/mol. The fraction of sp³-hybridized carbons (Fsp3) is 0.556. The lowest BCUT2D eigenvalue weighted by atomic mass is 10.2. The molecule has 8 nitrogen and oxygen atoms in total. The fourth-order valence-corrected chi connectivity index (χ4v) is 4.16. The summed E-state index contributed by atoms with van der Waals surface area (Å²) in [6.07, 6.45) is 1.92. The molecule has 1 aliphatic heterocycles. The summed E-state index contributed by atoms with van der Waals surface area (Å²) >= 11 is 0. The summed E-state index contributed by atoms with van der Waals surface area (Å²) in [5, 5.41) is 2.84. The van der Waals surface area contributed by atoms with Gasteiger partial charge in [0.25, 0.3) is 0 Å². The molecule has 2 amide bonds. The van der Waals surface area contributed by atoms with Crippen molar-refractivity contribution in [3.8, 4) is 0 Å². The van der Waals surface area contributed by atoms with E-state index in [1.54, 1.807) is 11.8 Å². The van der Waals surface area contributed by atoms with Crippen LogP contribution in [0.15, 0.2) is 29.2 Å². The largest absolute Gasteiger partial charge is 0.462 e. The Hall–Kier alpha value is -2.13. The van der Waals surface area contributed by atoms with Gasteiger partial charge >= 0.3 is 12.0 Å². The Bertz CT molecular complexity index is 741. The van der Waals surface area contributed by atoms with Crippen LogP contribution in [-0.2, 0) is 14.8 Å². The van der Waals surface area contributed by atoms with Crippen LogP contribution in [0.25, 0.3) is 0 Å². The number of amides is 2. The van der Waals surface area contributed by atoms with Crippen LogP contribution in [0, 0.1) is 0 Å². The van der Waals surface area contributed by atoms with Gasteiger partial charge < -0.3 is 15.0 Å². The number of carbonyl (C=O) groups is 2. The molecule has 1 aromatic carbocycles. The number of hydrogen-bond acceptors (Lipinski definition) is 5. The van der Waals surface area contributed by atoms with Gasteiger partial charge in [0.2, 0.25) is 10.0 Å². The summed E-state index contributed by atoms with van der Waals surface area (Å²) in [4.78, 5) is 25.5. The Balaban J connectivity index is 1.96. The molecule has 0 unspecified atom stereocenters. The van der Waals surface area contributed by atoms with Crippen molar-refractivity contribution >= 4 is 22.0 Å². The number of benzene rings is 1. The molecule has 1 aliphatic rings. The van der Waals surface area contributed by atoms with Gasteiger partial charge in [-0.2, -0.15) is 4.31 Å². The quantitative estimate of drug-likeness (QED) is 0.558. The Kier molecular flexibility index (Phi) is 7.61. The number of sulfonamides is 1. The normalized spacial score (nSPS) is 15.4. The van der Waals surface area contributed by atoms with Gasteiger partial charge in [0.15, 0.2) is 0 Å². The molecule has 1 heterocycles. The average Bonchev–Trinajstić information content (AvgIpc) is 2.68. The zero-order chi connectivity index (χ0) is 19.9. The Morgan fingerprint density at radius 2 is 1.70 bits per heavy atom. The fourth-order valence-electron chi connectivity index (χ4n) is 2.74. The molecule has 150 valence electrons. The molecular formula is C18H27N3O5S. The van der Waals surface area contributed by atoms with E-state index in [1.165, 1.54) is 28.6 Å². The first-order chi connectivity index (χ1) is 12.9. The number of unbranched alkanes of at least 4 members (excludes halogenated alkanes) is 1. The van der Waals surface area contributed by atoms with E-state index in [0.717, 1.165) is 12.8 Å². The summed E-state index contributed by atoms with van der Waals surface area (Å²) in [6, 6.07) is 5.56. The van der Waals surface area contributed by atoms with Crippen LogP contribution in [0.2, 0.25) is 0 Å². The molecule has 0 bridgehead atoms. The molecule has 0 spiro atoms. The molecule has 27 heavy (non-hydrogen) atoms. The third kappa shape index (κ3) is 5.43. The second-order valence-electron chi connectivity index (χ2n) is 6.22. The third-order valence-corrected chi connectivity index (χ3v) is 6.25. The van der Waals surface area contributed by atoms with E-state index in [-0.39, 0.29) is 30.6 Å². The van der Waals surface area contributed by atoms with Crippen molar-refractivity contribution in [2.75, 3.05) is 39.3 Å². The molecular weight excluding hydrogens is 370 g/mol. The first-order valence-corrected chi connectivity index (χ1v) is 10.6. The molecule has 0 radical (unpaired) electrons. The second-order valence-corrected chi connectivity index (χ2v) is 8.16. The summed E-state index contributed by atoms with van der Waals surface area (Å²) in [7, 11) is -3.66.